The molecule has 4 aliphatic rings. The molecule has 11 rings (SSSR count). The van der Waals surface area contributed by atoms with Gasteiger partial charge in [0, 0.05) is 33.7 Å². The average Bonchev–Trinajstić information content (AvgIpc) is 3.18. The second-order valence-electron chi connectivity index (χ2n) is 16.9. The largest absolute Gasteiger partial charge is 0.376 e. The zero-order valence-corrected chi connectivity index (χ0v) is 32.0. The molecule has 4 heterocycles. The van der Waals surface area contributed by atoms with E-state index in [-0.39, 0.29) is 17.7 Å². The van der Waals surface area contributed by atoms with Gasteiger partial charge in [-0.2, -0.15) is 0 Å². The van der Waals surface area contributed by atoms with Crippen LogP contribution in [0, 0.1) is 0 Å². The molecule has 0 N–H and O–H groups in total. The first kappa shape index (κ1) is 31.0. The number of nitrogens with zero attached hydrogens (tertiary/aromatic N) is 2. The second kappa shape index (κ2) is 10.5. The summed E-state index contributed by atoms with van der Waals surface area (Å²) in [6.45, 7) is 11.9. The number of para-hydroxylation sites is 4. The van der Waals surface area contributed by atoms with Gasteiger partial charge in [-0.3, -0.25) is 0 Å². The molecular formula is C49H41BN2Si. The highest BCUT2D eigenvalue weighted by Crippen LogP contribution is 2.55. The topological polar surface area (TPSA) is 6.48 Å². The van der Waals surface area contributed by atoms with Crippen LogP contribution in [0.3, 0.4) is 0 Å². The van der Waals surface area contributed by atoms with Crippen molar-refractivity contribution < 1.29 is 0 Å². The van der Waals surface area contributed by atoms with Crippen LogP contribution < -0.4 is 41.4 Å². The molecule has 0 amide bonds. The van der Waals surface area contributed by atoms with Crippen molar-refractivity contribution in [2.75, 3.05) is 9.71 Å². The van der Waals surface area contributed by atoms with Gasteiger partial charge in [-0.15, -0.1) is 0 Å². The van der Waals surface area contributed by atoms with Crippen LogP contribution in [0.4, 0.5) is 28.4 Å². The summed E-state index contributed by atoms with van der Waals surface area (Å²) in [5.74, 6) is 0. The van der Waals surface area contributed by atoms with E-state index in [0.717, 1.165) is 0 Å². The molecule has 0 saturated carbocycles. The number of benzene rings is 7. The van der Waals surface area contributed by atoms with Crippen LogP contribution in [0.15, 0.2) is 158 Å². The van der Waals surface area contributed by atoms with Crippen LogP contribution in [0.1, 0.15) is 51.3 Å². The van der Waals surface area contributed by atoms with Crippen LogP contribution in [-0.4, -0.2) is 14.9 Å². The van der Waals surface area contributed by atoms with Crippen molar-refractivity contribution in [1.82, 2.24) is 0 Å². The molecule has 0 bridgehead atoms. The summed E-state index contributed by atoms with van der Waals surface area (Å²) in [7, 11) is -2.78. The Morgan fingerprint density at radius 1 is 0.528 bits per heavy atom. The normalized spacial score (nSPS) is 16.2. The molecule has 0 spiro atoms. The fourth-order valence-electron chi connectivity index (χ4n) is 10.5. The first-order valence-electron chi connectivity index (χ1n) is 19.1. The lowest BCUT2D eigenvalue weighted by atomic mass is 9.42. The van der Waals surface area contributed by atoms with Gasteiger partial charge in [-0.25, -0.2) is 0 Å². The average molecular weight is 697 g/mol. The van der Waals surface area contributed by atoms with Crippen molar-refractivity contribution in [3.8, 4) is 11.1 Å². The molecule has 53 heavy (non-hydrogen) atoms. The van der Waals surface area contributed by atoms with Gasteiger partial charge in [0.1, 0.15) is 0 Å². The van der Waals surface area contributed by atoms with Crippen molar-refractivity contribution in [3.63, 3.8) is 0 Å². The van der Waals surface area contributed by atoms with Crippen LogP contribution in [0.25, 0.3) is 11.1 Å². The van der Waals surface area contributed by atoms with Crippen LogP contribution in [-0.2, 0) is 10.8 Å². The molecule has 0 fully saturated rings. The van der Waals surface area contributed by atoms with Crippen molar-refractivity contribution in [2.24, 2.45) is 0 Å². The summed E-state index contributed by atoms with van der Waals surface area (Å²) < 4.78 is 0. The third kappa shape index (κ3) is 3.84. The van der Waals surface area contributed by atoms with Gasteiger partial charge in [-0.1, -0.05) is 174 Å². The first-order chi connectivity index (χ1) is 25.7. The Kier molecular flexibility index (Phi) is 6.15. The van der Waals surface area contributed by atoms with E-state index >= 15 is 0 Å². The molecule has 7 aromatic rings. The number of fused-ring (bicyclic) bond motifs is 8. The Morgan fingerprint density at radius 3 is 1.85 bits per heavy atom. The Bertz CT molecular complexity index is 2620. The Morgan fingerprint density at radius 2 is 1.13 bits per heavy atom. The first-order valence-corrected chi connectivity index (χ1v) is 21.1. The fraction of sp³-hybridized carbons (Fsp3) is 0.143. The number of hydrogen-bond acceptors (Lipinski definition) is 2. The van der Waals surface area contributed by atoms with E-state index in [4.69, 9.17) is 0 Å². The summed E-state index contributed by atoms with van der Waals surface area (Å²) >= 11 is 0. The molecule has 2 nitrogen and oxygen atoms in total. The lowest BCUT2D eigenvalue weighted by Crippen LogP contribution is -2.79. The highest BCUT2D eigenvalue weighted by molar-refractivity contribution is 7.22. The minimum atomic E-state index is -2.78. The van der Waals surface area contributed by atoms with Crippen molar-refractivity contribution >= 4 is 75.0 Å². The SMILES string of the molecule is CC(C)(C)c1cc2c3c(c1)N1c4ccccc4C(C)(C)c4cccc(c41)B3N1c3ccccc3[Si](c3ccccc3)(c3ccccc3)c3cccc-2c31. The summed E-state index contributed by atoms with van der Waals surface area (Å²) in [5.41, 5.74) is 16.1. The van der Waals surface area contributed by atoms with Gasteiger partial charge in [0.15, 0.2) is 8.07 Å². The van der Waals surface area contributed by atoms with Gasteiger partial charge in [-0.05, 0) is 77.5 Å². The standard InChI is InChI=1S/C49H41BN2Si/c1-48(2,3)32-30-36-35-22-16-29-44-46(35)52(41-27-14-15-28-43(41)53(44,33-18-8-6-9-19-33)34-20-10-7-11-21-34)50-39-25-17-24-38-47(39)51(42(31-32)45(36)50)40-26-13-12-23-37(40)49(38,4)5/h6-31H,1-5H3. The van der Waals surface area contributed by atoms with Crippen molar-refractivity contribution in [3.05, 3.63) is 174 Å². The Hall–Kier alpha value is -5.58. The minimum absolute atomic E-state index is 0.00891. The summed E-state index contributed by atoms with van der Waals surface area (Å²) in [6, 6.07) is 60.8. The van der Waals surface area contributed by atoms with E-state index in [1.165, 1.54) is 87.9 Å². The Labute approximate surface area is 314 Å². The van der Waals surface area contributed by atoms with E-state index in [1.54, 1.807) is 0 Å². The lowest BCUT2D eigenvalue weighted by Gasteiger charge is -2.54. The molecule has 0 saturated heterocycles. The molecular weight excluding hydrogens is 655 g/mol. The van der Waals surface area contributed by atoms with Gasteiger partial charge >= 0.3 is 6.85 Å². The van der Waals surface area contributed by atoms with E-state index in [0.29, 0.717) is 0 Å². The van der Waals surface area contributed by atoms with Gasteiger partial charge in [0.05, 0.1) is 5.69 Å². The predicted molar refractivity (Wildman–Crippen MR) is 228 cm³/mol. The van der Waals surface area contributed by atoms with E-state index in [2.05, 4.69) is 202 Å². The van der Waals surface area contributed by atoms with Crippen LogP contribution >= 0.6 is 0 Å². The quantitative estimate of drug-likeness (QED) is 0.169. The van der Waals surface area contributed by atoms with E-state index < -0.39 is 8.07 Å². The molecule has 4 heteroatoms. The maximum absolute atomic E-state index is 2.78. The molecule has 0 aromatic heterocycles. The summed E-state index contributed by atoms with van der Waals surface area (Å²) in [4.78, 5) is 5.40. The number of hydrogen-bond donors (Lipinski definition) is 0. The van der Waals surface area contributed by atoms with Crippen LogP contribution in [0.2, 0.25) is 0 Å². The van der Waals surface area contributed by atoms with Gasteiger partial charge in [0.25, 0.3) is 0 Å². The highest BCUT2D eigenvalue weighted by Gasteiger charge is 2.56. The lowest BCUT2D eigenvalue weighted by molar-refractivity contribution is 0.590. The minimum Gasteiger partial charge on any atom is -0.376 e. The molecule has 4 aliphatic heterocycles. The van der Waals surface area contributed by atoms with Crippen molar-refractivity contribution in [2.45, 2.75) is 45.4 Å². The third-order valence-electron chi connectivity index (χ3n) is 12.8. The second-order valence-corrected chi connectivity index (χ2v) is 20.6. The molecule has 7 aromatic carbocycles. The van der Waals surface area contributed by atoms with Gasteiger partial charge in [0.2, 0.25) is 0 Å². The Balaban J connectivity index is 1.34. The number of rotatable bonds is 2. The predicted octanol–water partition coefficient (Wildman–Crippen LogP) is 8.02. The smallest absolute Gasteiger partial charge is 0.333 e. The fourth-order valence-corrected chi connectivity index (χ4v) is 15.6. The number of anilines is 5. The molecule has 254 valence electrons. The summed E-state index contributed by atoms with van der Waals surface area (Å²) in [6.07, 6.45) is 0. The zero-order valence-electron chi connectivity index (χ0n) is 31.0. The summed E-state index contributed by atoms with van der Waals surface area (Å²) in [5, 5.41) is 5.77. The van der Waals surface area contributed by atoms with Gasteiger partial charge < -0.3 is 9.71 Å². The maximum atomic E-state index is 2.76. The molecule has 0 radical (unpaired) electrons. The molecule has 0 atom stereocenters. The maximum Gasteiger partial charge on any atom is 0.333 e. The third-order valence-corrected chi connectivity index (χ3v) is 17.7. The highest BCUT2D eigenvalue weighted by atomic mass is 28.3. The van der Waals surface area contributed by atoms with Crippen LogP contribution in [0.5, 0.6) is 0 Å². The van der Waals surface area contributed by atoms with E-state index in [1.807, 2.05) is 0 Å². The van der Waals surface area contributed by atoms with E-state index in [9.17, 15) is 0 Å². The molecule has 0 aliphatic carbocycles. The monoisotopic (exact) mass is 696 g/mol. The molecule has 0 unspecified atom stereocenters. The zero-order chi connectivity index (χ0) is 35.9. The van der Waals surface area contributed by atoms with Crippen molar-refractivity contribution in [1.29, 1.82) is 0 Å².